The molecule has 3 heterocycles. The van der Waals surface area contributed by atoms with Crippen LogP contribution in [0, 0.1) is 13.5 Å². The maximum atomic E-state index is 9.60. The minimum Gasteiger partial charge on any atom is -0.395 e. The number of rotatable bonds is 6. The molecule has 0 aliphatic heterocycles. The van der Waals surface area contributed by atoms with E-state index in [1.165, 1.54) is 4.52 Å². The smallest absolute Gasteiger partial charge is 0.268 e. The van der Waals surface area contributed by atoms with Gasteiger partial charge in [0, 0.05) is 29.8 Å². The normalized spacial score (nSPS) is 14.8. The number of pyridine rings is 1. The van der Waals surface area contributed by atoms with E-state index in [0.29, 0.717) is 35.1 Å². The summed E-state index contributed by atoms with van der Waals surface area (Å²) in [5.74, 6) is 0.586. The van der Waals surface area contributed by atoms with Gasteiger partial charge in [-0.25, -0.2) is 14.3 Å². The molecule has 0 atom stereocenters. The molecule has 8 nitrogen and oxygen atoms in total. The van der Waals surface area contributed by atoms with Crippen molar-refractivity contribution < 1.29 is 5.11 Å². The number of nitrogens with zero attached hydrogens (tertiary/aromatic N) is 5. The largest absolute Gasteiger partial charge is 0.395 e. The van der Waals surface area contributed by atoms with Crippen molar-refractivity contribution in [3.05, 3.63) is 51.7 Å². The zero-order valence-corrected chi connectivity index (χ0v) is 16.2. The van der Waals surface area contributed by atoms with E-state index in [1.807, 2.05) is 18.2 Å². The quantitative estimate of drug-likeness (QED) is 0.552. The molecule has 0 unspecified atom stereocenters. The van der Waals surface area contributed by atoms with E-state index in [1.54, 1.807) is 6.92 Å². The number of aromatic nitrogens is 4. The molecule has 3 aromatic heterocycles. The molecular weight excluding hydrogens is 378 g/mol. The van der Waals surface area contributed by atoms with Crippen molar-refractivity contribution in [3.8, 4) is 0 Å². The van der Waals surface area contributed by atoms with Crippen LogP contribution < -0.4 is 11.1 Å². The second kappa shape index (κ2) is 6.93. The molecule has 1 aliphatic rings. The Bertz CT molecular complexity index is 1100. The highest BCUT2D eigenvalue weighted by atomic mass is 35.5. The lowest BCUT2D eigenvalue weighted by atomic mass is 10.0. The Morgan fingerprint density at radius 2 is 2.18 bits per heavy atom. The zero-order valence-electron chi connectivity index (χ0n) is 15.4. The SMILES string of the molecule is [C-]#[N+]c1c(NCCc2cccc(C3(CO)CC3)n2)nc2c(Cl)c(C)nn2c1N. The van der Waals surface area contributed by atoms with Gasteiger partial charge in [-0.2, -0.15) is 5.10 Å². The van der Waals surface area contributed by atoms with E-state index in [0.717, 1.165) is 24.2 Å². The number of nitrogen functional groups attached to an aromatic ring is 1. The summed E-state index contributed by atoms with van der Waals surface area (Å²) in [7, 11) is 0. The summed E-state index contributed by atoms with van der Waals surface area (Å²) >= 11 is 6.25. The molecule has 1 saturated carbocycles. The number of nitrogens with two attached hydrogens (primary N) is 1. The van der Waals surface area contributed by atoms with Gasteiger partial charge in [0.1, 0.15) is 16.7 Å². The topological polar surface area (TPSA) is 106 Å². The molecule has 0 radical (unpaired) electrons. The summed E-state index contributed by atoms with van der Waals surface area (Å²) in [4.78, 5) is 12.6. The summed E-state index contributed by atoms with van der Waals surface area (Å²) in [5.41, 5.74) is 9.04. The fraction of sp³-hybridized carbons (Fsp3) is 0.368. The summed E-state index contributed by atoms with van der Waals surface area (Å²) in [6.07, 6.45) is 2.59. The Hall–Kier alpha value is -2.89. The van der Waals surface area contributed by atoms with Crippen molar-refractivity contribution in [3.63, 3.8) is 0 Å². The van der Waals surface area contributed by atoms with Crippen LogP contribution in [-0.4, -0.2) is 37.8 Å². The zero-order chi connectivity index (χ0) is 19.9. The van der Waals surface area contributed by atoms with E-state index >= 15 is 0 Å². The van der Waals surface area contributed by atoms with E-state index in [4.69, 9.17) is 28.9 Å². The van der Waals surface area contributed by atoms with Gasteiger partial charge in [-0.05, 0) is 31.9 Å². The fourth-order valence-electron chi connectivity index (χ4n) is 3.24. The second-order valence-corrected chi connectivity index (χ2v) is 7.45. The number of nitrogens with one attached hydrogen (secondary N) is 1. The Kier molecular flexibility index (Phi) is 4.57. The molecule has 4 N–H and O–H groups in total. The van der Waals surface area contributed by atoms with Gasteiger partial charge in [-0.3, -0.25) is 4.98 Å². The van der Waals surface area contributed by atoms with Crippen molar-refractivity contribution in [2.45, 2.75) is 31.6 Å². The average molecular weight is 398 g/mol. The number of aliphatic hydroxyl groups is 1. The standard InChI is InChI=1S/C19H20ClN7O/c1-11-14(20)18-25-17(15(22-2)16(21)27(18)26-11)23-9-6-12-4-3-5-13(24-12)19(10-28)7-8-19/h3-5,28H,6-10,21H2,1H3,(H,23,25). The predicted octanol–water partition coefficient (Wildman–Crippen LogP) is 2.90. The first-order chi connectivity index (χ1) is 13.5. The highest BCUT2D eigenvalue weighted by Gasteiger charge is 2.45. The van der Waals surface area contributed by atoms with Crippen LogP contribution >= 0.6 is 11.6 Å². The minimum atomic E-state index is -0.154. The third kappa shape index (κ3) is 3.03. The first-order valence-electron chi connectivity index (χ1n) is 9.02. The molecule has 28 heavy (non-hydrogen) atoms. The molecule has 1 aliphatic carbocycles. The van der Waals surface area contributed by atoms with Gasteiger partial charge in [0.05, 0.1) is 18.9 Å². The van der Waals surface area contributed by atoms with Crippen molar-refractivity contribution >= 4 is 34.6 Å². The van der Waals surface area contributed by atoms with Crippen LogP contribution in [0.5, 0.6) is 0 Å². The number of hydrogen-bond donors (Lipinski definition) is 3. The van der Waals surface area contributed by atoms with Crippen LogP contribution in [-0.2, 0) is 11.8 Å². The van der Waals surface area contributed by atoms with Crippen molar-refractivity contribution in [2.75, 3.05) is 24.2 Å². The predicted molar refractivity (Wildman–Crippen MR) is 108 cm³/mol. The molecule has 9 heteroatoms. The van der Waals surface area contributed by atoms with Gasteiger partial charge in [0.15, 0.2) is 5.65 Å². The number of halogens is 1. The summed E-state index contributed by atoms with van der Waals surface area (Å²) in [6.45, 7) is 9.86. The third-order valence-corrected chi connectivity index (χ3v) is 5.61. The molecule has 0 aromatic carbocycles. The number of hydrogen-bond acceptors (Lipinski definition) is 6. The molecule has 0 spiro atoms. The highest BCUT2D eigenvalue weighted by Crippen LogP contribution is 2.46. The summed E-state index contributed by atoms with van der Waals surface area (Å²) in [5, 5.41) is 17.4. The maximum absolute atomic E-state index is 9.60. The number of anilines is 2. The first-order valence-corrected chi connectivity index (χ1v) is 9.40. The highest BCUT2D eigenvalue weighted by molar-refractivity contribution is 6.34. The fourth-order valence-corrected chi connectivity index (χ4v) is 3.40. The summed E-state index contributed by atoms with van der Waals surface area (Å²) in [6, 6.07) is 5.89. The van der Waals surface area contributed by atoms with Gasteiger partial charge in [0.25, 0.3) is 5.69 Å². The Morgan fingerprint density at radius 3 is 2.86 bits per heavy atom. The number of fused-ring (bicyclic) bond motifs is 1. The van der Waals surface area contributed by atoms with Gasteiger partial charge in [-0.1, -0.05) is 17.7 Å². The summed E-state index contributed by atoms with van der Waals surface area (Å²) < 4.78 is 1.39. The van der Waals surface area contributed by atoms with Gasteiger partial charge < -0.3 is 16.2 Å². The molecule has 0 bridgehead atoms. The molecule has 0 amide bonds. The Labute approximate surface area is 167 Å². The monoisotopic (exact) mass is 397 g/mol. The molecule has 0 saturated heterocycles. The molecular formula is C19H20ClN7O. The van der Waals surface area contributed by atoms with Crippen molar-refractivity contribution in [2.24, 2.45) is 0 Å². The lowest BCUT2D eigenvalue weighted by Gasteiger charge is -2.13. The first kappa shape index (κ1) is 18.5. The lowest BCUT2D eigenvalue weighted by molar-refractivity contribution is 0.252. The Balaban J connectivity index is 1.54. The van der Waals surface area contributed by atoms with E-state index in [9.17, 15) is 5.11 Å². The average Bonchev–Trinajstić information content (AvgIpc) is 3.45. The number of aliphatic hydroxyl groups excluding tert-OH is 1. The van der Waals surface area contributed by atoms with Gasteiger partial charge in [0.2, 0.25) is 0 Å². The van der Waals surface area contributed by atoms with Crippen LogP contribution in [0.25, 0.3) is 10.5 Å². The van der Waals surface area contributed by atoms with Crippen molar-refractivity contribution in [1.29, 1.82) is 0 Å². The van der Waals surface area contributed by atoms with Crippen LogP contribution in [0.2, 0.25) is 5.02 Å². The minimum absolute atomic E-state index is 0.130. The third-order valence-electron chi connectivity index (χ3n) is 5.17. The van der Waals surface area contributed by atoms with Crippen molar-refractivity contribution in [1.82, 2.24) is 19.6 Å². The van der Waals surface area contributed by atoms with Crippen LogP contribution in [0.3, 0.4) is 0 Å². The number of aryl methyl sites for hydroxylation is 1. The van der Waals surface area contributed by atoms with Crippen LogP contribution in [0.1, 0.15) is 29.9 Å². The van der Waals surface area contributed by atoms with E-state index in [2.05, 4.69) is 20.2 Å². The second-order valence-electron chi connectivity index (χ2n) is 7.07. The van der Waals surface area contributed by atoms with E-state index in [-0.39, 0.29) is 23.5 Å². The molecule has 3 aromatic rings. The molecule has 4 rings (SSSR count). The van der Waals surface area contributed by atoms with Gasteiger partial charge in [-0.15, -0.1) is 0 Å². The van der Waals surface area contributed by atoms with Crippen LogP contribution in [0.15, 0.2) is 18.2 Å². The lowest BCUT2D eigenvalue weighted by Crippen LogP contribution is -2.16. The maximum Gasteiger partial charge on any atom is 0.268 e. The van der Waals surface area contributed by atoms with Gasteiger partial charge >= 0.3 is 0 Å². The van der Waals surface area contributed by atoms with E-state index < -0.39 is 0 Å². The molecule has 144 valence electrons. The molecule has 1 fully saturated rings. The van der Waals surface area contributed by atoms with Crippen LogP contribution in [0.4, 0.5) is 17.3 Å². The Morgan fingerprint density at radius 1 is 1.39 bits per heavy atom.